The zero-order valence-corrected chi connectivity index (χ0v) is 17.8. The van der Waals surface area contributed by atoms with Crippen LogP contribution in [0.3, 0.4) is 0 Å². The summed E-state index contributed by atoms with van der Waals surface area (Å²) in [5.41, 5.74) is 9.21. The first-order valence-corrected chi connectivity index (χ1v) is 10.6. The maximum atomic E-state index is 4.92. The van der Waals surface area contributed by atoms with Crippen molar-refractivity contribution in [3.8, 4) is 16.9 Å². The van der Waals surface area contributed by atoms with E-state index in [1.54, 1.807) is 0 Å². The van der Waals surface area contributed by atoms with Gasteiger partial charge in [-0.2, -0.15) is 0 Å². The maximum Gasteiger partial charge on any atom is 0.0659 e. The van der Waals surface area contributed by atoms with E-state index in [-0.39, 0.29) is 0 Å². The van der Waals surface area contributed by atoms with E-state index in [2.05, 4.69) is 122 Å². The lowest BCUT2D eigenvalue weighted by atomic mass is 10.1. The molecule has 150 valence electrons. The summed E-state index contributed by atoms with van der Waals surface area (Å²) in [5.74, 6) is 0. The van der Waals surface area contributed by atoms with Crippen LogP contribution in [0.1, 0.15) is 16.7 Å². The van der Waals surface area contributed by atoms with E-state index in [1.807, 2.05) is 6.21 Å². The van der Waals surface area contributed by atoms with Crippen molar-refractivity contribution >= 4 is 22.8 Å². The molecule has 2 nitrogen and oxygen atoms in total. The van der Waals surface area contributed by atoms with E-state index in [4.69, 9.17) is 4.99 Å². The van der Waals surface area contributed by atoms with Crippen LogP contribution in [0.15, 0.2) is 108 Å². The normalized spacial score (nSPS) is 11.4. The minimum Gasteiger partial charge on any atom is -0.309 e. The van der Waals surface area contributed by atoms with E-state index in [0.717, 1.165) is 22.6 Å². The lowest BCUT2D eigenvalue weighted by molar-refractivity contribution is 1.13. The van der Waals surface area contributed by atoms with Crippen molar-refractivity contribution in [2.75, 3.05) is 0 Å². The fourth-order valence-corrected chi connectivity index (χ4v) is 4.21. The Hall–Kier alpha value is -3.91. The number of hydrogen-bond acceptors (Lipinski definition) is 1. The number of rotatable bonds is 4. The van der Waals surface area contributed by atoms with Gasteiger partial charge in [-0.25, -0.2) is 0 Å². The first kappa shape index (κ1) is 19.1. The van der Waals surface area contributed by atoms with E-state index in [0.29, 0.717) is 0 Å². The number of hydrogen-bond donors (Lipinski definition) is 0. The average molecular weight is 401 g/mol. The van der Waals surface area contributed by atoms with Gasteiger partial charge in [-0.1, -0.05) is 84.4 Å². The fourth-order valence-electron chi connectivity index (χ4n) is 4.21. The highest BCUT2D eigenvalue weighted by atomic mass is 15.0. The van der Waals surface area contributed by atoms with Gasteiger partial charge in [0.2, 0.25) is 0 Å². The van der Waals surface area contributed by atoms with Gasteiger partial charge in [-0.3, -0.25) is 4.99 Å². The van der Waals surface area contributed by atoms with E-state index >= 15 is 0 Å². The zero-order chi connectivity index (χ0) is 21.2. The molecule has 31 heavy (non-hydrogen) atoms. The van der Waals surface area contributed by atoms with Crippen LogP contribution in [0, 0.1) is 13.8 Å². The Morgan fingerprint density at radius 1 is 0.710 bits per heavy atom. The molecule has 0 aliphatic carbocycles. The summed E-state index contributed by atoms with van der Waals surface area (Å²) in [4.78, 5) is 4.92. The van der Waals surface area contributed by atoms with E-state index < -0.39 is 0 Å². The third-order valence-corrected chi connectivity index (χ3v) is 5.66. The number of para-hydroxylation sites is 2. The quantitative estimate of drug-likeness (QED) is 0.275. The molecule has 0 unspecified atom stereocenters. The Morgan fingerprint density at radius 2 is 1.39 bits per heavy atom. The van der Waals surface area contributed by atoms with Gasteiger partial charge in [-0.15, -0.1) is 0 Å². The summed E-state index contributed by atoms with van der Waals surface area (Å²) in [7, 11) is 0. The van der Waals surface area contributed by atoms with Crippen LogP contribution in [0.2, 0.25) is 0 Å². The van der Waals surface area contributed by atoms with Crippen LogP contribution < -0.4 is 0 Å². The topological polar surface area (TPSA) is 17.3 Å². The molecule has 1 aromatic heterocycles. The van der Waals surface area contributed by atoms with Crippen molar-refractivity contribution in [1.82, 2.24) is 4.57 Å². The second-order valence-corrected chi connectivity index (χ2v) is 7.86. The second-order valence-electron chi connectivity index (χ2n) is 7.86. The monoisotopic (exact) mass is 400 g/mol. The van der Waals surface area contributed by atoms with Crippen molar-refractivity contribution in [1.29, 1.82) is 0 Å². The third kappa shape index (κ3) is 3.57. The van der Waals surface area contributed by atoms with E-state index in [1.165, 1.54) is 27.6 Å². The van der Waals surface area contributed by atoms with Gasteiger partial charge in [0, 0.05) is 22.9 Å². The molecule has 0 amide bonds. The molecule has 0 fully saturated rings. The molecular formula is C29H24N2. The number of fused-ring (bicyclic) bond motifs is 1. The van der Waals surface area contributed by atoms with E-state index in [9.17, 15) is 0 Å². The average Bonchev–Trinajstić information content (AvgIpc) is 3.14. The van der Waals surface area contributed by atoms with Crippen molar-refractivity contribution in [3.63, 3.8) is 0 Å². The Bertz CT molecular complexity index is 1380. The predicted molar refractivity (Wildman–Crippen MR) is 132 cm³/mol. The van der Waals surface area contributed by atoms with Crippen LogP contribution in [0.5, 0.6) is 0 Å². The molecule has 0 spiro atoms. The molecule has 4 aromatic carbocycles. The molecule has 0 N–H and O–H groups in total. The van der Waals surface area contributed by atoms with Crippen molar-refractivity contribution in [3.05, 3.63) is 120 Å². The molecule has 0 radical (unpaired) electrons. The molecule has 5 aromatic rings. The summed E-state index contributed by atoms with van der Waals surface area (Å²) in [5, 5.41) is 1.19. The lowest BCUT2D eigenvalue weighted by Gasteiger charge is -2.12. The predicted octanol–water partition coefficient (Wildman–Crippen LogP) is 7.66. The Morgan fingerprint density at radius 3 is 2.13 bits per heavy atom. The van der Waals surface area contributed by atoms with Crippen LogP contribution in [0.4, 0.5) is 5.69 Å². The number of nitrogens with zero attached hydrogens (tertiary/aromatic N) is 2. The van der Waals surface area contributed by atoms with Gasteiger partial charge in [0.15, 0.2) is 0 Å². The highest BCUT2D eigenvalue weighted by molar-refractivity contribution is 6.08. The van der Waals surface area contributed by atoms with Crippen molar-refractivity contribution < 1.29 is 0 Å². The zero-order valence-electron chi connectivity index (χ0n) is 17.8. The molecule has 2 heteroatoms. The highest BCUT2D eigenvalue weighted by Crippen LogP contribution is 2.36. The van der Waals surface area contributed by atoms with Gasteiger partial charge in [0.25, 0.3) is 0 Å². The largest absolute Gasteiger partial charge is 0.309 e. The number of benzene rings is 4. The molecule has 0 saturated carbocycles. The van der Waals surface area contributed by atoms with Crippen LogP contribution >= 0.6 is 0 Å². The molecule has 1 heterocycles. The summed E-state index contributed by atoms with van der Waals surface area (Å²) in [6, 6.07) is 36.1. The Kier molecular flexibility index (Phi) is 4.97. The summed E-state index contributed by atoms with van der Waals surface area (Å²) in [6.07, 6.45) is 2.03. The smallest absolute Gasteiger partial charge is 0.0659 e. The molecule has 5 rings (SSSR count). The number of aliphatic imine (C=N–C) groups is 1. The van der Waals surface area contributed by atoms with Gasteiger partial charge < -0.3 is 4.57 Å². The number of aryl methyl sites for hydroxylation is 2. The molecule has 0 aliphatic rings. The van der Waals surface area contributed by atoms with Crippen molar-refractivity contribution in [2.45, 2.75) is 13.8 Å². The number of aromatic nitrogens is 1. The minimum absolute atomic E-state index is 1.00. The minimum atomic E-state index is 1.00. The summed E-state index contributed by atoms with van der Waals surface area (Å²) in [6.45, 7) is 4.23. The van der Waals surface area contributed by atoms with Gasteiger partial charge >= 0.3 is 0 Å². The molecular weight excluding hydrogens is 376 g/mol. The Labute approximate surface area is 183 Å². The first-order valence-electron chi connectivity index (χ1n) is 10.6. The van der Waals surface area contributed by atoms with Crippen LogP contribution in [-0.2, 0) is 0 Å². The SMILES string of the molecule is Cc1ccc(N=Cc2c(-c3ccccc3)n(-c3ccccc3)c3ccccc23)c(C)c1. The third-order valence-electron chi connectivity index (χ3n) is 5.66. The summed E-state index contributed by atoms with van der Waals surface area (Å²) >= 11 is 0. The Balaban J connectivity index is 1.81. The van der Waals surface area contributed by atoms with Gasteiger partial charge in [-0.05, 0) is 49.2 Å². The standard InChI is InChI=1S/C29H24N2/c1-21-17-18-27(22(2)19-21)30-20-26-25-15-9-10-16-28(25)31(24-13-7-4-8-14-24)29(26)23-11-5-3-6-12-23/h3-20H,1-2H3. The van der Waals surface area contributed by atoms with Gasteiger partial charge in [0.1, 0.15) is 0 Å². The maximum absolute atomic E-state index is 4.92. The molecule has 0 atom stereocenters. The molecule has 0 bridgehead atoms. The lowest BCUT2D eigenvalue weighted by Crippen LogP contribution is -1.98. The fraction of sp³-hybridized carbons (Fsp3) is 0.0690. The summed E-state index contributed by atoms with van der Waals surface area (Å²) < 4.78 is 2.34. The van der Waals surface area contributed by atoms with Crippen LogP contribution in [-0.4, -0.2) is 10.8 Å². The molecule has 0 aliphatic heterocycles. The van der Waals surface area contributed by atoms with Gasteiger partial charge in [0.05, 0.1) is 16.9 Å². The van der Waals surface area contributed by atoms with Crippen molar-refractivity contribution in [2.24, 2.45) is 4.99 Å². The first-order chi connectivity index (χ1) is 15.2. The highest BCUT2D eigenvalue weighted by Gasteiger charge is 2.18. The molecule has 0 saturated heterocycles. The second kappa shape index (κ2) is 8.08. The van der Waals surface area contributed by atoms with Crippen LogP contribution in [0.25, 0.3) is 27.8 Å².